The number of guanidine groups is 1. The number of nitrogens with two attached hydrogens (primary N) is 3. The number of carboxylic acids is 1. The summed E-state index contributed by atoms with van der Waals surface area (Å²) in [5, 5.41) is 24.0. The maximum Gasteiger partial charge on any atom is 0.326 e. The molecule has 1 aliphatic rings. The summed E-state index contributed by atoms with van der Waals surface area (Å²) >= 11 is 0. The maximum absolute atomic E-state index is 13.2. The predicted molar refractivity (Wildman–Crippen MR) is 121 cm³/mol. The van der Waals surface area contributed by atoms with Gasteiger partial charge in [-0.1, -0.05) is 13.8 Å². The molecule has 188 valence electrons. The van der Waals surface area contributed by atoms with Gasteiger partial charge in [-0.05, 0) is 38.5 Å². The molecule has 10 N–H and O–H groups in total. The lowest BCUT2D eigenvalue weighted by atomic mass is 10.0. The van der Waals surface area contributed by atoms with Gasteiger partial charge in [0, 0.05) is 13.1 Å². The molecule has 0 aliphatic carbocycles. The first kappa shape index (κ1) is 28.1. The van der Waals surface area contributed by atoms with E-state index >= 15 is 0 Å². The van der Waals surface area contributed by atoms with Crippen molar-refractivity contribution in [2.24, 2.45) is 28.1 Å². The van der Waals surface area contributed by atoms with Crippen molar-refractivity contribution < 1.29 is 29.4 Å². The Morgan fingerprint density at radius 2 is 1.79 bits per heavy atom. The van der Waals surface area contributed by atoms with Gasteiger partial charge in [-0.15, -0.1) is 0 Å². The second-order valence-electron chi connectivity index (χ2n) is 8.53. The number of likely N-dealkylation sites (tertiary alicyclic amines) is 1. The zero-order chi connectivity index (χ0) is 25.3. The molecule has 0 spiro atoms. The third-order valence-electron chi connectivity index (χ3n) is 5.45. The van der Waals surface area contributed by atoms with E-state index in [0.29, 0.717) is 25.8 Å². The van der Waals surface area contributed by atoms with Crippen molar-refractivity contribution in [3.8, 4) is 0 Å². The number of aliphatic hydroxyl groups is 1. The summed E-state index contributed by atoms with van der Waals surface area (Å²) < 4.78 is 0. The van der Waals surface area contributed by atoms with Gasteiger partial charge >= 0.3 is 5.97 Å². The first-order valence-corrected chi connectivity index (χ1v) is 11.0. The minimum absolute atomic E-state index is 0.104. The second kappa shape index (κ2) is 12.9. The van der Waals surface area contributed by atoms with Crippen LogP contribution in [0.5, 0.6) is 0 Å². The van der Waals surface area contributed by atoms with Crippen LogP contribution in [-0.4, -0.2) is 88.1 Å². The summed E-state index contributed by atoms with van der Waals surface area (Å²) in [7, 11) is 0. The summed E-state index contributed by atoms with van der Waals surface area (Å²) in [6.07, 6.45) is 0.272. The number of hydrogen-bond donors (Lipinski definition) is 7. The molecule has 1 rings (SSSR count). The number of carbonyl (C=O) groups excluding carboxylic acids is 3. The third kappa shape index (κ3) is 8.50. The molecule has 33 heavy (non-hydrogen) atoms. The number of amides is 3. The van der Waals surface area contributed by atoms with Gasteiger partial charge in [-0.2, -0.15) is 0 Å². The highest BCUT2D eigenvalue weighted by molar-refractivity contribution is 5.94. The van der Waals surface area contributed by atoms with Crippen molar-refractivity contribution in [3.63, 3.8) is 0 Å². The quantitative estimate of drug-likeness (QED) is 0.0901. The molecule has 13 heteroatoms. The Kier molecular flexibility index (Phi) is 11.0. The van der Waals surface area contributed by atoms with Gasteiger partial charge in [0.15, 0.2) is 5.96 Å². The van der Waals surface area contributed by atoms with Crippen LogP contribution in [0.4, 0.5) is 0 Å². The third-order valence-corrected chi connectivity index (χ3v) is 5.45. The molecule has 0 radical (unpaired) electrons. The Labute approximate surface area is 193 Å². The Hall–Kier alpha value is -2.93. The highest BCUT2D eigenvalue weighted by Crippen LogP contribution is 2.21. The van der Waals surface area contributed by atoms with Crippen molar-refractivity contribution >= 4 is 29.7 Å². The number of nitrogens with one attached hydrogen (secondary N) is 2. The minimum Gasteiger partial charge on any atom is -0.480 e. The monoisotopic (exact) mass is 471 g/mol. The van der Waals surface area contributed by atoms with Crippen LogP contribution in [-0.2, 0) is 19.2 Å². The van der Waals surface area contributed by atoms with Gasteiger partial charge < -0.3 is 42.9 Å². The molecule has 1 fully saturated rings. The molecule has 5 unspecified atom stereocenters. The standard InChI is InChI=1S/C20H37N7O6/c1-10(2)15(26-17(30)14(21)11(3)28)18(31)27-9-5-7-13(27)16(29)25-12(19(32)33)6-4-8-24-20(22)23/h10-15,28H,4-9,21H2,1-3H3,(H,25,29)(H,26,30)(H,32,33)(H4,22,23,24). The number of carboxylic acid groups (broad SMARTS) is 1. The molecular weight excluding hydrogens is 434 g/mol. The minimum atomic E-state index is -1.21. The van der Waals surface area contributed by atoms with E-state index in [-0.39, 0.29) is 24.8 Å². The lowest BCUT2D eigenvalue weighted by Gasteiger charge is -2.31. The van der Waals surface area contributed by atoms with Gasteiger partial charge in [-0.3, -0.25) is 19.4 Å². The van der Waals surface area contributed by atoms with E-state index in [0.717, 1.165) is 0 Å². The fraction of sp³-hybridized carbons (Fsp3) is 0.750. The number of carbonyl (C=O) groups is 4. The normalized spacial score (nSPS) is 19.3. The highest BCUT2D eigenvalue weighted by atomic mass is 16.4. The SMILES string of the molecule is CC(C)C(NC(=O)C(N)C(C)O)C(=O)N1CCCC1C(=O)NC(CCCN=C(N)N)C(=O)O. The smallest absolute Gasteiger partial charge is 0.326 e. The Bertz CT molecular complexity index is 738. The van der Waals surface area contributed by atoms with E-state index in [9.17, 15) is 29.4 Å². The number of aliphatic imine (C=N–C) groups is 1. The molecule has 13 nitrogen and oxygen atoms in total. The van der Waals surface area contributed by atoms with E-state index in [1.807, 2.05) is 0 Å². The van der Waals surface area contributed by atoms with Crippen LogP contribution in [0.15, 0.2) is 4.99 Å². The Balaban J connectivity index is 2.87. The van der Waals surface area contributed by atoms with Gasteiger partial charge in [0.05, 0.1) is 6.10 Å². The summed E-state index contributed by atoms with van der Waals surface area (Å²) in [6, 6.07) is -4.17. The highest BCUT2D eigenvalue weighted by Gasteiger charge is 2.40. The number of nitrogens with zero attached hydrogens (tertiary/aromatic N) is 2. The van der Waals surface area contributed by atoms with Crippen LogP contribution in [0.25, 0.3) is 0 Å². The zero-order valence-corrected chi connectivity index (χ0v) is 19.4. The molecule has 0 aromatic rings. The predicted octanol–water partition coefficient (Wildman–Crippen LogP) is -2.55. The van der Waals surface area contributed by atoms with Crippen molar-refractivity contribution in [1.29, 1.82) is 0 Å². The number of hydrogen-bond acceptors (Lipinski definition) is 7. The average Bonchev–Trinajstić information content (AvgIpc) is 3.22. The van der Waals surface area contributed by atoms with Gasteiger partial charge in [0.1, 0.15) is 24.2 Å². The fourth-order valence-corrected chi connectivity index (χ4v) is 3.49. The molecule has 5 atom stereocenters. The summed E-state index contributed by atoms with van der Waals surface area (Å²) in [5.41, 5.74) is 16.1. The van der Waals surface area contributed by atoms with Crippen LogP contribution in [0.2, 0.25) is 0 Å². The summed E-state index contributed by atoms with van der Waals surface area (Å²) in [5.74, 6) is -3.34. The maximum atomic E-state index is 13.2. The van der Waals surface area contributed by atoms with Crippen LogP contribution in [0, 0.1) is 5.92 Å². The Morgan fingerprint density at radius 1 is 1.15 bits per heavy atom. The summed E-state index contributed by atoms with van der Waals surface area (Å²) in [4.78, 5) is 55.0. The number of aliphatic carboxylic acids is 1. The molecule has 1 heterocycles. The van der Waals surface area contributed by atoms with E-state index in [4.69, 9.17) is 17.2 Å². The topological polar surface area (TPSA) is 226 Å². The van der Waals surface area contributed by atoms with E-state index < -0.39 is 54.0 Å². The number of rotatable bonds is 12. The lowest BCUT2D eigenvalue weighted by Crippen LogP contribution is -2.59. The summed E-state index contributed by atoms with van der Waals surface area (Å²) in [6.45, 7) is 5.35. The number of aliphatic hydroxyl groups excluding tert-OH is 1. The molecule has 0 aromatic carbocycles. The van der Waals surface area contributed by atoms with E-state index in [2.05, 4.69) is 15.6 Å². The largest absolute Gasteiger partial charge is 0.480 e. The second-order valence-corrected chi connectivity index (χ2v) is 8.53. The Morgan fingerprint density at radius 3 is 2.30 bits per heavy atom. The van der Waals surface area contributed by atoms with Crippen molar-refractivity contribution in [3.05, 3.63) is 0 Å². The molecule has 3 amide bonds. The fourth-order valence-electron chi connectivity index (χ4n) is 3.49. The zero-order valence-electron chi connectivity index (χ0n) is 19.4. The van der Waals surface area contributed by atoms with Crippen LogP contribution >= 0.6 is 0 Å². The molecule has 0 aromatic heterocycles. The van der Waals surface area contributed by atoms with E-state index in [1.165, 1.54) is 11.8 Å². The molecular formula is C20H37N7O6. The van der Waals surface area contributed by atoms with Gasteiger partial charge in [0.25, 0.3) is 0 Å². The molecule has 1 aliphatic heterocycles. The average molecular weight is 472 g/mol. The molecule has 0 bridgehead atoms. The van der Waals surface area contributed by atoms with Gasteiger partial charge in [-0.25, -0.2) is 4.79 Å². The molecule has 0 saturated carbocycles. The van der Waals surface area contributed by atoms with Crippen LogP contribution in [0.3, 0.4) is 0 Å². The van der Waals surface area contributed by atoms with Crippen molar-refractivity contribution in [2.45, 2.75) is 76.7 Å². The van der Waals surface area contributed by atoms with Crippen molar-refractivity contribution in [1.82, 2.24) is 15.5 Å². The van der Waals surface area contributed by atoms with Crippen molar-refractivity contribution in [2.75, 3.05) is 13.1 Å². The molecule has 1 saturated heterocycles. The lowest BCUT2D eigenvalue weighted by molar-refractivity contribution is -0.145. The van der Waals surface area contributed by atoms with Crippen LogP contribution in [0.1, 0.15) is 46.5 Å². The van der Waals surface area contributed by atoms with Crippen LogP contribution < -0.4 is 27.8 Å². The first-order chi connectivity index (χ1) is 15.4. The van der Waals surface area contributed by atoms with Gasteiger partial charge in [0.2, 0.25) is 17.7 Å². The van der Waals surface area contributed by atoms with E-state index in [1.54, 1.807) is 13.8 Å². The first-order valence-electron chi connectivity index (χ1n) is 11.0.